The van der Waals surface area contributed by atoms with Crippen molar-refractivity contribution < 1.29 is 13.2 Å². The molecule has 1 aromatic rings. The topological polar surface area (TPSA) is 54.5 Å². The summed E-state index contributed by atoms with van der Waals surface area (Å²) < 4.78 is 23.8. The molecule has 1 aromatic carbocycles. The summed E-state index contributed by atoms with van der Waals surface area (Å²) in [7, 11) is 1.57. The minimum absolute atomic E-state index is 0.0169. The van der Waals surface area contributed by atoms with E-state index in [-0.39, 0.29) is 10.8 Å². The molecule has 0 spiro atoms. The molecule has 1 saturated heterocycles. The van der Waals surface area contributed by atoms with E-state index in [9.17, 15) is 13.2 Å². The molecule has 0 aromatic heterocycles. The predicted octanol–water partition coefficient (Wildman–Crippen LogP) is 3.70. The van der Waals surface area contributed by atoms with Crippen molar-refractivity contribution in [1.29, 1.82) is 0 Å². The Labute approximate surface area is 138 Å². The van der Waals surface area contributed by atoms with E-state index in [4.69, 9.17) is 10.7 Å². The molecule has 1 fully saturated rings. The Bertz CT molecular complexity index is 652. The van der Waals surface area contributed by atoms with Crippen molar-refractivity contribution >= 4 is 41.6 Å². The van der Waals surface area contributed by atoms with Crippen molar-refractivity contribution in [1.82, 2.24) is 4.90 Å². The van der Waals surface area contributed by atoms with E-state index < -0.39 is 9.05 Å². The number of rotatable bonds is 2. The first-order chi connectivity index (χ1) is 9.80. The fraction of sp³-hybridized carbons (Fsp3) is 0.500. The Kier molecular flexibility index (Phi) is 5.33. The highest BCUT2D eigenvalue weighted by Gasteiger charge is 2.22. The van der Waals surface area contributed by atoms with Gasteiger partial charge < -0.3 is 4.90 Å². The summed E-state index contributed by atoms with van der Waals surface area (Å²) in [4.78, 5) is 14.3. The van der Waals surface area contributed by atoms with Crippen LogP contribution in [0.4, 0.5) is 0 Å². The second kappa shape index (κ2) is 6.67. The van der Waals surface area contributed by atoms with Gasteiger partial charge in [-0.05, 0) is 37.5 Å². The first kappa shape index (κ1) is 16.8. The second-order valence-electron chi connectivity index (χ2n) is 5.23. The second-order valence-corrected chi connectivity index (χ2v) is 8.61. The molecule has 0 saturated carbocycles. The molecule has 7 heteroatoms. The molecule has 0 atom stereocenters. The highest BCUT2D eigenvalue weighted by Crippen LogP contribution is 2.29. The standard InChI is InChI=1S/C14H17BrClNO3S/c1-10-12(15)8-11(9-13(10)21(16,19)20)14(18)17-6-4-2-3-5-7-17/h8-9H,2-7H2,1H3. The van der Waals surface area contributed by atoms with Gasteiger partial charge in [0, 0.05) is 33.8 Å². The summed E-state index contributed by atoms with van der Waals surface area (Å²) >= 11 is 3.30. The third kappa shape index (κ3) is 3.99. The van der Waals surface area contributed by atoms with Crippen molar-refractivity contribution in [3.63, 3.8) is 0 Å². The average molecular weight is 395 g/mol. The number of hydrogen-bond acceptors (Lipinski definition) is 3. The molecule has 0 radical (unpaired) electrons. The van der Waals surface area contributed by atoms with Crippen molar-refractivity contribution in [2.45, 2.75) is 37.5 Å². The van der Waals surface area contributed by atoms with Crippen LogP contribution in [0.3, 0.4) is 0 Å². The smallest absolute Gasteiger partial charge is 0.261 e. The van der Waals surface area contributed by atoms with Crippen molar-refractivity contribution in [3.05, 3.63) is 27.7 Å². The molecule has 1 aliphatic rings. The van der Waals surface area contributed by atoms with Crippen LogP contribution in [0.25, 0.3) is 0 Å². The Morgan fingerprint density at radius 2 is 1.76 bits per heavy atom. The lowest BCUT2D eigenvalue weighted by atomic mass is 10.1. The number of carbonyl (C=O) groups is 1. The van der Waals surface area contributed by atoms with E-state index in [0.717, 1.165) is 25.7 Å². The molecule has 0 aliphatic carbocycles. The van der Waals surface area contributed by atoms with Crippen LogP contribution in [-0.2, 0) is 9.05 Å². The van der Waals surface area contributed by atoms with E-state index in [1.54, 1.807) is 17.9 Å². The van der Waals surface area contributed by atoms with Gasteiger partial charge in [0.1, 0.15) is 0 Å². The summed E-state index contributed by atoms with van der Waals surface area (Å²) in [6.07, 6.45) is 4.23. The number of benzene rings is 1. The highest BCUT2D eigenvalue weighted by atomic mass is 79.9. The van der Waals surface area contributed by atoms with Crippen molar-refractivity contribution in [2.75, 3.05) is 13.1 Å². The average Bonchev–Trinajstić information content (AvgIpc) is 2.68. The van der Waals surface area contributed by atoms with Gasteiger partial charge in [0.15, 0.2) is 0 Å². The zero-order valence-electron chi connectivity index (χ0n) is 11.7. The zero-order chi connectivity index (χ0) is 15.6. The van der Waals surface area contributed by atoms with Crippen LogP contribution in [0.2, 0.25) is 0 Å². The maximum atomic E-state index is 12.6. The highest BCUT2D eigenvalue weighted by molar-refractivity contribution is 9.10. The van der Waals surface area contributed by atoms with Crippen LogP contribution in [0, 0.1) is 6.92 Å². The van der Waals surface area contributed by atoms with Crippen molar-refractivity contribution in [2.24, 2.45) is 0 Å². The molecule has 21 heavy (non-hydrogen) atoms. The molecule has 0 N–H and O–H groups in total. The molecule has 0 bridgehead atoms. The lowest BCUT2D eigenvalue weighted by molar-refractivity contribution is 0.0761. The Morgan fingerprint density at radius 3 is 2.29 bits per heavy atom. The van der Waals surface area contributed by atoms with Gasteiger partial charge in [-0.25, -0.2) is 8.42 Å². The Morgan fingerprint density at radius 1 is 1.19 bits per heavy atom. The first-order valence-corrected chi connectivity index (χ1v) is 9.95. The van der Waals surface area contributed by atoms with E-state index in [2.05, 4.69) is 15.9 Å². The summed E-state index contributed by atoms with van der Waals surface area (Å²) in [6, 6.07) is 3.03. The maximum Gasteiger partial charge on any atom is 0.261 e. The van der Waals surface area contributed by atoms with Crippen LogP contribution in [0.5, 0.6) is 0 Å². The third-order valence-corrected chi connectivity index (χ3v) is 5.97. The fourth-order valence-electron chi connectivity index (χ4n) is 2.49. The van der Waals surface area contributed by atoms with Crippen LogP contribution >= 0.6 is 26.6 Å². The van der Waals surface area contributed by atoms with Crippen LogP contribution in [0.1, 0.15) is 41.6 Å². The summed E-state index contributed by atoms with van der Waals surface area (Å²) in [6.45, 7) is 3.08. The van der Waals surface area contributed by atoms with E-state index in [1.165, 1.54) is 6.07 Å². The molecule has 1 aliphatic heterocycles. The minimum atomic E-state index is -3.88. The fourth-order valence-corrected chi connectivity index (χ4v) is 4.30. The van der Waals surface area contributed by atoms with Crippen molar-refractivity contribution in [3.8, 4) is 0 Å². The van der Waals surface area contributed by atoms with Crippen LogP contribution in [0.15, 0.2) is 21.5 Å². The SMILES string of the molecule is Cc1c(Br)cc(C(=O)N2CCCCCC2)cc1S(=O)(=O)Cl. The maximum absolute atomic E-state index is 12.6. The summed E-state index contributed by atoms with van der Waals surface area (Å²) in [5, 5.41) is 0. The van der Waals surface area contributed by atoms with Gasteiger partial charge in [-0.3, -0.25) is 4.79 Å². The van der Waals surface area contributed by atoms with Gasteiger partial charge in [0.25, 0.3) is 15.0 Å². The first-order valence-electron chi connectivity index (χ1n) is 6.85. The molecular formula is C14H17BrClNO3S. The van der Waals surface area contributed by atoms with E-state index >= 15 is 0 Å². The van der Waals surface area contributed by atoms with Gasteiger partial charge in [-0.15, -0.1) is 0 Å². The number of hydrogen-bond donors (Lipinski definition) is 0. The third-order valence-electron chi connectivity index (χ3n) is 3.70. The van der Waals surface area contributed by atoms with Gasteiger partial charge in [-0.2, -0.15) is 0 Å². The number of halogens is 2. The van der Waals surface area contributed by atoms with E-state index in [1.807, 2.05) is 0 Å². The lowest BCUT2D eigenvalue weighted by Crippen LogP contribution is -2.32. The van der Waals surface area contributed by atoms with Gasteiger partial charge in [-0.1, -0.05) is 28.8 Å². The summed E-state index contributed by atoms with van der Waals surface area (Å²) in [5.41, 5.74) is 0.867. The number of amides is 1. The molecular weight excluding hydrogens is 378 g/mol. The molecule has 2 rings (SSSR count). The van der Waals surface area contributed by atoms with Gasteiger partial charge >= 0.3 is 0 Å². The largest absolute Gasteiger partial charge is 0.339 e. The quantitative estimate of drug-likeness (QED) is 0.719. The Hall–Kier alpha value is -0.590. The summed E-state index contributed by atoms with van der Waals surface area (Å²) in [5.74, 6) is -0.140. The number of likely N-dealkylation sites (tertiary alicyclic amines) is 1. The molecule has 4 nitrogen and oxygen atoms in total. The molecule has 0 unspecified atom stereocenters. The zero-order valence-corrected chi connectivity index (χ0v) is 14.9. The monoisotopic (exact) mass is 393 g/mol. The predicted molar refractivity (Wildman–Crippen MR) is 86.3 cm³/mol. The van der Waals surface area contributed by atoms with E-state index in [0.29, 0.717) is 28.7 Å². The number of nitrogens with zero attached hydrogens (tertiary/aromatic N) is 1. The minimum Gasteiger partial charge on any atom is -0.339 e. The number of carbonyl (C=O) groups excluding carboxylic acids is 1. The van der Waals surface area contributed by atoms with Gasteiger partial charge in [0.05, 0.1) is 4.90 Å². The normalized spacial score (nSPS) is 16.6. The Balaban J connectivity index is 2.39. The van der Waals surface area contributed by atoms with Gasteiger partial charge in [0.2, 0.25) is 0 Å². The van der Waals surface area contributed by atoms with Crippen LogP contribution in [-0.4, -0.2) is 32.3 Å². The molecule has 1 amide bonds. The molecule has 116 valence electrons. The molecule has 1 heterocycles. The lowest BCUT2D eigenvalue weighted by Gasteiger charge is -2.21. The van der Waals surface area contributed by atoms with Crippen LogP contribution < -0.4 is 0 Å².